The molecule has 26 heavy (non-hydrogen) atoms. The molecular weight excluding hydrogens is 326 g/mol. The predicted octanol–water partition coefficient (Wildman–Crippen LogP) is 2.41. The highest BCUT2D eigenvalue weighted by atomic mass is 16.1. The number of pyridine rings is 1. The monoisotopic (exact) mass is 349 g/mol. The first-order valence-electron chi connectivity index (χ1n) is 9.12. The molecule has 4 rings (SSSR count). The van der Waals surface area contributed by atoms with Crippen molar-refractivity contribution in [2.45, 2.75) is 25.8 Å². The van der Waals surface area contributed by atoms with E-state index in [9.17, 15) is 4.79 Å². The summed E-state index contributed by atoms with van der Waals surface area (Å²) in [6, 6.07) is 13.8. The van der Waals surface area contributed by atoms with Gasteiger partial charge in [0.05, 0.1) is 5.69 Å². The fourth-order valence-corrected chi connectivity index (χ4v) is 3.67. The van der Waals surface area contributed by atoms with Gasteiger partial charge < -0.3 is 0 Å². The van der Waals surface area contributed by atoms with E-state index < -0.39 is 0 Å². The van der Waals surface area contributed by atoms with Gasteiger partial charge >= 0.3 is 5.69 Å². The second-order valence-corrected chi connectivity index (χ2v) is 6.90. The van der Waals surface area contributed by atoms with E-state index in [1.54, 1.807) is 4.57 Å². The van der Waals surface area contributed by atoms with Crippen LogP contribution in [0.15, 0.2) is 59.7 Å². The number of hydrogen-bond acceptors (Lipinski definition) is 4. The van der Waals surface area contributed by atoms with E-state index in [0.717, 1.165) is 50.4 Å². The van der Waals surface area contributed by atoms with Crippen molar-refractivity contribution in [2.24, 2.45) is 5.92 Å². The third-order valence-electron chi connectivity index (χ3n) is 5.06. The fraction of sp³-hybridized carbons (Fsp3) is 0.350. The van der Waals surface area contributed by atoms with E-state index in [-0.39, 0.29) is 5.69 Å². The Bertz CT molecular complexity index is 879. The summed E-state index contributed by atoms with van der Waals surface area (Å²) in [7, 11) is 0. The van der Waals surface area contributed by atoms with E-state index in [2.05, 4.69) is 26.1 Å². The van der Waals surface area contributed by atoms with Gasteiger partial charge in [-0.25, -0.2) is 14.5 Å². The molecule has 3 aromatic rings. The second-order valence-electron chi connectivity index (χ2n) is 6.90. The molecule has 1 saturated heterocycles. The molecule has 1 aliphatic heterocycles. The van der Waals surface area contributed by atoms with Crippen molar-refractivity contribution in [3.05, 3.63) is 76.7 Å². The molecule has 0 saturated carbocycles. The Morgan fingerprint density at radius 1 is 1.08 bits per heavy atom. The zero-order chi connectivity index (χ0) is 17.8. The molecule has 1 fully saturated rings. The van der Waals surface area contributed by atoms with Crippen molar-refractivity contribution in [2.75, 3.05) is 13.1 Å². The highest BCUT2D eigenvalue weighted by Gasteiger charge is 2.22. The van der Waals surface area contributed by atoms with E-state index >= 15 is 0 Å². The number of aromatic amines is 1. The Labute approximate surface area is 152 Å². The first-order chi connectivity index (χ1) is 12.8. The molecule has 0 radical (unpaired) electrons. The maximum absolute atomic E-state index is 12.2. The molecule has 6 nitrogen and oxygen atoms in total. The van der Waals surface area contributed by atoms with Gasteiger partial charge in [-0.2, -0.15) is 5.10 Å². The number of nitrogens with zero attached hydrogens (tertiary/aromatic N) is 4. The summed E-state index contributed by atoms with van der Waals surface area (Å²) in [6.07, 6.45) is 6.82. The van der Waals surface area contributed by atoms with Crippen LogP contribution in [-0.4, -0.2) is 37.7 Å². The normalized spacial score (nSPS) is 16.0. The Morgan fingerprint density at radius 2 is 1.88 bits per heavy atom. The Kier molecular flexibility index (Phi) is 4.93. The lowest BCUT2D eigenvalue weighted by molar-refractivity contribution is 0.175. The summed E-state index contributed by atoms with van der Waals surface area (Å²) in [5.41, 5.74) is 1.96. The van der Waals surface area contributed by atoms with Crippen molar-refractivity contribution >= 4 is 0 Å². The molecule has 3 heterocycles. The van der Waals surface area contributed by atoms with Gasteiger partial charge in [0.15, 0.2) is 0 Å². The number of nitrogens with one attached hydrogen (secondary N) is 1. The molecule has 0 bridgehead atoms. The third kappa shape index (κ3) is 3.75. The molecule has 0 amide bonds. The highest BCUT2D eigenvalue weighted by Crippen LogP contribution is 2.22. The number of aromatic nitrogens is 4. The molecule has 2 aromatic heterocycles. The van der Waals surface area contributed by atoms with Crippen LogP contribution in [0.3, 0.4) is 0 Å². The number of benzene rings is 1. The van der Waals surface area contributed by atoms with Gasteiger partial charge in [0.1, 0.15) is 5.82 Å². The SMILES string of the molecule is O=c1[nH]nc(CC2CCN(Cc3cccnc3)CC2)n1-c1ccccc1. The van der Waals surface area contributed by atoms with Gasteiger partial charge in [0, 0.05) is 25.4 Å². The summed E-state index contributed by atoms with van der Waals surface area (Å²) in [5.74, 6) is 1.38. The summed E-state index contributed by atoms with van der Waals surface area (Å²) in [6.45, 7) is 3.09. The van der Waals surface area contributed by atoms with Gasteiger partial charge in [-0.3, -0.25) is 9.88 Å². The van der Waals surface area contributed by atoms with Crippen LogP contribution in [0.25, 0.3) is 5.69 Å². The lowest BCUT2D eigenvalue weighted by Gasteiger charge is -2.31. The van der Waals surface area contributed by atoms with Crippen molar-refractivity contribution in [3.63, 3.8) is 0 Å². The summed E-state index contributed by atoms with van der Waals surface area (Å²) >= 11 is 0. The van der Waals surface area contributed by atoms with E-state index in [1.165, 1.54) is 5.56 Å². The maximum atomic E-state index is 12.2. The van der Waals surface area contributed by atoms with Crippen LogP contribution >= 0.6 is 0 Å². The summed E-state index contributed by atoms with van der Waals surface area (Å²) in [5, 5.41) is 6.88. The van der Waals surface area contributed by atoms with Crippen LogP contribution in [0.5, 0.6) is 0 Å². The molecule has 1 aliphatic rings. The van der Waals surface area contributed by atoms with Crippen molar-refractivity contribution < 1.29 is 0 Å². The average molecular weight is 349 g/mol. The van der Waals surface area contributed by atoms with Crippen molar-refractivity contribution in [3.8, 4) is 5.69 Å². The molecule has 1 aromatic carbocycles. The predicted molar refractivity (Wildman–Crippen MR) is 100 cm³/mol. The Morgan fingerprint density at radius 3 is 2.62 bits per heavy atom. The number of hydrogen-bond donors (Lipinski definition) is 1. The van der Waals surface area contributed by atoms with E-state index in [4.69, 9.17) is 0 Å². The lowest BCUT2D eigenvalue weighted by atomic mass is 9.93. The van der Waals surface area contributed by atoms with Crippen LogP contribution in [0.4, 0.5) is 0 Å². The minimum absolute atomic E-state index is 0.166. The minimum atomic E-state index is -0.166. The third-order valence-corrected chi connectivity index (χ3v) is 5.06. The number of H-pyrrole nitrogens is 1. The van der Waals surface area contributed by atoms with Crippen molar-refractivity contribution in [1.82, 2.24) is 24.6 Å². The average Bonchev–Trinajstić information content (AvgIpc) is 3.05. The minimum Gasteiger partial charge on any atom is -0.299 e. The van der Waals surface area contributed by atoms with Gasteiger partial charge in [-0.1, -0.05) is 24.3 Å². The molecular formula is C20H23N5O. The summed E-state index contributed by atoms with van der Waals surface area (Å²) in [4.78, 5) is 18.8. The van der Waals surface area contributed by atoms with Crippen molar-refractivity contribution in [1.29, 1.82) is 0 Å². The van der Waals surface area contributed by atoms with E-state index in [0.29, 0.717) is 5.92 Å². The molecule has 6 heteroatoms. The van der Waals surface area contributed by atoms with Gasteiger partial charge in [-0.05, 0) is 55.6 Å². The van der Waals surface area contributed by atoms with Gasteiger partial charge in [-0.15, -0.1) is 0 Å². The first-order valence-corrected chi connectivity index (χ1v) is 9.12. The zero-order valence-corrected chi connectivity index (χ0v) is 14.7. The first kappa shape index (κ1) is 16.7. The molecule has 134 valence electrons. The standard InChI is InChI=1S/C20H23N5O/c26-20-23-22-19(25(20)18-6-2-1-3-7-18)13-16-8-11-24(12-9-16)15-17-5-4-10-21-14-17/h1-7,10,14,16H,8-9,11-13,15H2,(H,23,26). The maximum Gasteiger partial charge on any atom is 0.347 e. The number of piperidine rings is 1. The number of likely N-dealkylation sites (tertiary alicyclic amines) is 1. The summed E-state index contributed by atoms with van der Waals surface area (Å²) < 4.78 is 1.70. The van der Waals surface area contributed by atoms with Crippen LogP contribution in [0, 0.1) is 5.92 Å². The smallest absolute Gasteiger partial charge is 0.299 e. The Hall–Kier alpha value is -2.73. The molecule has 0 unspecified atom stereocenters. The van der Waals surface area contributed by atoms with Crippen LogP contribution in [-0.2, 0) is 13.0 Å². The topological polar surface area (TPSA) is 66.8 Å². The van der Waals surface area contributed by atoms with Gasteiger partial charge in [0.25, 0.3) is 0 Å². The fourth-order valence-electron chi connectivity index (χ4n) is 3.67. The molecule has 0 aliphatic carbocycles. The van der Waals surface area contributed by atoms with Crippen LogP contribution < -0.4 is 5.69 Å². The van der Waals surface area contributed by atoms with Gasteiger partial charge in [0.2, 0.25) is 0 Å². The van der Waals surface area contributed by atoms with E-state index in [1.807, 2.05) is 48.8 Å². The lowest BCUT2D eigenvalue weighted by Crippen LogP contribution is -2.34. The zero-order valence-electron chi connectivity index (χ0n) is 14.7. The molecule has 1 N–H and O–H groups in total. The number of para-hydroxylation sites is 1. The number of rotatable bonds is 5. The Balaban J connectivity index is 1.39. The molecule has 0 spiro atoms. The van der Waals surface area contributed by atoms with Crippen LogP contribution in [0.1, 0.15) is 24.2 Å². The quantitative estimate of drug-likeness (QED) is 0.768. The second kappa shape index (κ2) is 7.66. The van der Waals surface area contributed by atoms with Crippen LogP contribution in [0.2, 0.25) is 0 Å². The largest absolute Gasteiger partial charge is 0.347 e. The molecule has 0 atom stereocenters. The highest BCUT2D eigenvalue weighted by molar-refractivity contribution is 5.32.